The van der Waals surface area contributed by atoms with Crippen LogP contribution in [0.25, 0.3) is 22.1 Å². The van der Waals surface area contributed by atoms with E-state index in [1.807, 2.05) is 30.5 Å². The van der Waals surface area contributed by atoms with Crippen molar-refractivity contribution in [2.75, 3.05) is 13.1 Å². The van der Waals surface area contributed by atoms with Crippen molar-refractivity contribution in [1.82, 2.24) is 24.8 Å². The molecule has 6 nitrogen and oxygen atoms in total. The average Bonchev–Trinajstić information content (AvgIpc) is 3.37. The number of para-hydroxylation sites is 1. The van der Waals surface area contributed by atoms with Gasteiger partial charge in [0.1, 0.15) is 24.7 Å². The summed E-state index contributed by atoms with van der Waals surface area (Å²) in [4.78, 5) is 17.1. The number of hydrogen-bond acceptors (Lipinski definition) is 4. The third-order valence-electron chi connectivity index (χ3n) is 5.08. The van der Waals surface area contributed by atoms with E-state index in [4.69, 9.17) is 4.74 Å². The highest BCUT2D eigenvalue weighted by Crippen LogP contribution is 2.24. The number of aromatic nitrogens is 4. The van der Waals surface area contributed by atoms with Gasteiger partial charge in [0.15, 0.2) is 5.65 Å². The molecule has 1 aliphatic heterocycles. The number of halogens is 1. The van der Waals surface area contributed by atoms with Gasteiger partial charge in [-0.25, -0.2) is 14.4 Å². The number of imidazole rings is 1. The van der Waals surface area contributed by atoms with Gasteiger partial charge in [-0.2, -0.15) is 0 Å². The predicted octanol–water partition coefficient (Wildman–Crippen LogP) is 3.18. The fourth-order valence-electron chi connectivity index (χ4n) is 3.75. The molecular weight excluding hydrogens is 345 g/mol. The smallest absolute Gasteiger partial charge is 0.177 e. The molecule has 3 aromatic heterocycles. The van der Waals surface area contributed by atoms with E-state index in [1.54, 1.807) is 6.20 Å². The zero-order valence-corrected chi connectivity index (χ0v) is 14.7. The highest BCUT2D eigenvalue weighted by Gasteiger charge is 2.34. The summed E-state index contributed by atoms with van der Waals surface area (Å²) in [7, 11) is 0. The van der Waals surface area contributed by atoms with Crippen molar-refractivity contribution in [3.05, 3.63) is 60.2 Å². The number of hydrogen-bond donors (Lipinski definition) is 2. The van der Waals surface area contributed by atoms with E-state index in [2.05, 4.69) is 37.0 Å². The van der Waals surface area contributed by atoms with Gasteiger partial charge in [-0.3, -0.25) is 4.90 Å². The number of nitrogens with zero attached hydrogens (tertiary/aromatic N) is 3. The number of alkyl halides is 1. The topological polar surface area (TPSA) is 69.8 Å². The molecule has 0 saturated carbocycles. The number of aromatic amines is 2. The fraction of sp³-hybridized carbons (Fsp3) is 0.300. The van der Waals surface area contributed by atoms with Gasteiger partial charge in [-0.1, -0.05) is 18.2 Å². The van der Waals surface area contributed by atoms with Crippen LogP contribution in [0.4, 0.5) is 4.39 Å². The molecule has 1 aromatic carbocycles. The molecule has 0 spiro atoms. The lowest BCUT2D eigenvalue weighted by molar-refractivity contribution is 0.00864. The highest BCUT2D eigenvalue weighted by molar-refractivity contribution is 5.82. The number of H-pyrrole nitrogens is 2. The van der Waals surface area contributed by atoms with Crippen LogP contribution in [0.1, 0.15) is 11.4 Å². The first-order valence-corrected chi connectivity index (χ1v) is 9.09. The van der Waals surface area contributed by atoms with Crippen molar-refractivity contribution in [2.24, 2.45) is 0 Å². The molecule has 5 rings (SSSR count). The summed E-state index contributed by atoms with van der Waals surface area (Å²) in [5, 5.41) is 1.19. The van der Waals surface area contributed by atoms with Crippen LogP contribution in [0.3, 0.4) is 0 Å². The standard InChI is InChI=1S/C20H20FN5O/c21-15-10-26(9-13-8-23-16-5-2-1-4-14(13)16)11-18(15)27-12-19-24-17-6-3-7-22-20(17)25-19/h1-8,15,18,23H,9-12H2,(H,22,24,25)/t15-,18+/m1/s1. The normalized spacial score (nSPS) is 20.8. The molecular formula is C20H20FN5O. The summed E-state index contributed by atoms with van der Waals surface area (Å²) in [6.45, 7) is 1.91. The molecule has 0 aliphatic carbocycles. The number of pyridine rings is 1. The molecule has 4 aromatic rings. The Morgan fingerprint density at radius 3 is 2.96 bits per heavy atom. The van der Waals surface area contributed by atoms with Crippen molar-refractivity contribution in [3.8, 4) is 0 Å². The SMILES string of the molecule is F[C@@H]1CN(Cc2c[nH]c3ccccc23)C[C@@H]1OCc1nc2ncccc2[nH]1. The number of fused-ring (bicyclic) bond motifs is 2. The lowest BCUT2D eigenvalue weighted by atomic mass is 10.2. The lowest BCUT2D eigenvalue weighted by Gasteiger charge is -2.15. The molecule has 0 bridgehead atoms. The minimum atomic E-state index is -1.00. The van der Waals surface area contributed by atoms with E-state index < -0.39 is 12.3 Å². The monoisotopic (exact) mass is 365 g/mol. The van der Waals surface area contributed by atoms with E-state index >= 15 is 0 Å². The van der Waals surface area contributed by atoms with Crippen molar-refractivity contribution in [3.63, 3.8) is 0 Å². The second-order valence-electron chi connectivity index (χ2n) is 6.98. The maximum Gasteiger partial charge on any atom is 0.177 e. The van der Waals surface area contributed by atoms with Crippen LogP contribution in [-0.2, 0) is 17.9 Å². The van der Waals surface area contributed by atoms with Crippen LogP contribution in [0.5, 0.6) is 0 Å². The van der Waals surface area contributed by atoms with Crippen molar-refractivity contribution < 1.29 is 9.13 Å². The molecule has 2 atom stereocenters. The Kier molecular flexibility index (Phi) is 4.10. The molecule has 138 valence electrons. The van der Waals surface area contributed by atoms with E-state index in [1.165, 1.54) is 10.9 Å². The number of nitrogens with one attached hydrogen (secondary N) is 2. The summed E-state index contributed by atoms with van der Waals surface area (Å²) in [6.07, 6.45) is 2.26. The van der Waals surface area contributed by atoms with Crippen molar-refractivity contribution in [2.45, 2.75) is 25.4 Å². The third kappa shape index (κ3) is 3.20. The molecule has 2 N–H and O–H groups in total. The maximum absolute atomic E-state index is 14.5. The second-order valence-corrected chi connectivity index (χ2v) is 6.98. The van der Waals surface area contributed by atoms with E-state index in [9.17, 15) is 4.39 Å². The summed E-state index contributed by atoms with van der Waals surface area (Å²) in [5.74, 6) is 0.672. The molecule has 0 radical (unpaired) electrons. The average molecular weight is 365 g/mol. The molecule has 27 heavy (non-hydrogen) atoms. The van der Waals surface area contributed by atoms with Gasteiger partial charge in [-0.05, 0) is 23.8 Å². The first kappa shape index (κ1) is 16.4. The Morgan fingerprint density at radius 2 is 2.04 bits per heavy atom. The van der Waals surface area contributed by atoms with Gasteiger partial charge in [0.05, 0.1) is 5.52 Å². The van der Waals surface area contributed by atoms with E-state index in [0.717, 1.165) is 11.0 Å². The van der Waals surface area contributed by atoms with Gasteiger partial charge in [0.25, 0.3) is 0 Å². The minimum Gasteiger partial charge on any atom is -0.366 e. The third-order valence-corrected chi connectivity index (χ3v) is 5.08. The molecule has 4 heterocycles. The fourth-order valence-corrected chi connectivity index (χ4v) is 3.75. The predicted molar refractivity (Wildman–Crippen MR) is 101 cm³/mol. The van der Waals surface area contributed by atoms with Gasteiger partial charge < -0.3 is 14.7 Å². The molecule has 1 saturated heterocycles. The Balaban J connectivity index is 1.23. The Morgan fingerprint density at radius 1 is 1.15 bits per heavy atom. The Labute approximate surface area is 155 Å². The van der Waals surface area contributed by atoms with Crippen LogP contribution in [0.15, 0.2) is 48.8 Å². The second kappa shape index (κ2) is 6.75. The lowest BCUT2D eigenvalue weighted by Crippen LogP contribution is -2.24. The number of rotatable bonds is 5. The molecule has 0 amide bonds. The zero-order chi connectivity index (χ0) is 18.2. The van der Waals surface area contributed by atoms with Crippen molar-refractivity contribution in [1.29, 1.82) is 0 Å². The molecule has 1 aliphatic rings. The van der Waals surface area contributed by atoms with E-state index in [0.29, 0.717) is 31.1 Å². The van der Waals surface area contributed by atoms with Gasteiger partial charge in [-0.15, -0.1) is 0 Å². The largest absolute Gasteiger partial charge is 0.366 e. The van der Waals surface area contributed by atoms with Crippen LogP contribution < -0.4 is 0 Å². The maximum atomic E-state index is 14.5. The summed E-state index contributed by atoms with van der Waals surface area (Å²) >= 11 is 0. The van der Waals surface area contributed by atoms with Crippen LogP contribution in [-0.4, -0.2) is 50.2 Å². The molecule has 1 fully saturated rings. The number of benzene rings is 1. The highest BCUT2D eigenvalue weighted by atomic mass is 19.1. The minimum absolute atomic E-state index is 0.252. The first-order chi connectivity index (χ1) is 13.3. The molecule has 0 unspecified atom stereocenters. The Hall–Kier alpha value is -2.77. The quantitative estimate of drug-likeness (QED) is 0.570. The number of likely N-dealkylation sites (tertiary alicyclic amines) is 1. The molecule has 7 heteroatoms. The van der Waals surface area contributed by atoms with Crippen LogP contribution >= 0.6 is 0 Å². The van der Waals surface area contributed by atoms with Gasteiger partial charge in [0.2, 0.25) is 0 Å². The summed E-state index contributed by atoms with van der Waals surface area (Å²) in [6, 6.07) is 11.9. The summed E-state index contributed by atoms with van der Waals surface area (Å²) in [5.41, 5.74) is 3.80. The summed E-state index contributed by atoms with van der Waals surface area (Å²) < 4.78 is 20.3. The van der Waals surface area contributed by atoms with Crippen molar-refractivity contribution >= 4 is 22.1 Å². The Bertz CT molecular complexity index is 1040. The first-order valence-electron chi connectivity index (χ1n) is 9.09. The van der Waals surface area contributed by atoms with Crippen LogP contribution in [0.2, 0.25) is 0 Å². The van der Waals surface area contributed by atoms with Crippen LogP contribution in [0, 0.1) is 0 Å². The van der Waals surface area contributed by atoms with Gasteiger partial charge >= 0.3 is 0 Å². The zero-order valence-electron chi connectivity index (χ0n) is 14.7. The van der Waals surface area contributed by atoms with Gasteiger partial charge in [0, 0.05) is 42.9 Å². The number of ether oxygens (including phenoxy) is 1. The van der Waals surface area contributed by atoms with E-state index in [-0.39, 0.29) is 6.61 Å².